The zero-order valence-electron chi connectivity index (χ0n) is 6.49. The molecule has 0 aromatic rings. The molecule has 1 N–H and O–H groups in total. The summed E-state index contributed by atoms with van der Waals surface area (Å²) in [6.07, 6.45) is 1.47. The Labute approximate surface area is 57.6 Å². The lowest BCUT2D eigenvalue weighted by molar-refractivity contribution is 1.47. The van der Waals surface area contributed by atoms with Crippen molar-refractivity contribution in [3.8, 4) is 0 Å². The first-order valence-corrected chi connectivity index (χ1v) is 3.05. The summed E-state index contributed by atoms with van der Waals surface area (Å²) in [6.45, 7) is 12.7. The quantitative estimate of drug-likeness (QED) is 0.549. The van der Waals surface area contributed by atoms with Crippen LogP contribution in [0.15, 0.2) is 24.8 Å². The molecule has 0 rings (SSSR count). The summed E-state index contributed by atoms with van der Waals surface area (Å²) >= 11 is 0. The molecule has 1 nitrogen and oxygen atoms in total. The highest BCUT2D eigenvalue weighted by Gasteiger charge is 1.84. The number of rotatable bonds is 2. The number of hydrogen-bond acceptors (Lipinski definition) is 1. The second-order valence-corrected chi connectivity index (χ2v) is 1.40. The summed E-state index contributed by atoms with van der Waals surface area (Å²) < 4.78 is 0. The molecule has 0 radical (unpaired) electrons. The van der Waals surface area contributed by atoms with Crippen molar-refractivity contribution < 1.29 is 0 Å². The van der Waals surface area contributed by atoms with Gasteiger partial charge in [0.05, 0.1) is 5.71 Å². The Morgan fingerprint density at radius 1 is 1.44 bits per heavy atom. The van der Waals surface area contributed by atoms with Gasteiger partial charge in [-0.1, -0.05) is 27.0 Å². The molecule has 9 heavy (non-hydrogen) atoms. The molecule has 1 heteroatoms. The van der Waals surface area contributed by atoms with E-state index in [2.05, 4.69) is 13.2 Å². The van der Waals surface area contributed by atoms with Gasteiger partial charge in [0.15, 0.2) is 0 Å². The normalized spacial score (nSPS) is 6.56. The van der Waals surface area contributed by atoms with Crippen molar-refractivity contribution in [3.63, 3.8) is 0 Å². The average Bonchev–Trinajstić information content (AvgIpc) is 1.91. The maximum absolute atomic E-state index is 6.97. The van der Waals surface area contributed by atoms with Crippen molar-refractivity contribution in [3.05, 3.63) is 24.8 Å². The fraction of sp³-hybridized carbons (Fsp3) is 0.375. The third-order valence-electron chi connectivity index (χ3n) is 0.664. The molecule has 0 saturated carbocycles. The largest absolute Gasteiger partial charge is 0.301 e. The first-order valence-electron chi connectivity index (χ1n) is 3.05. The van der Waals surface area contributed by atoms with Gasteiger partial charge in [-0.3, -0.25) is 0 Å². The van der Waals surface area contributed by atoms with E-state index in [0.717, 1.165) is 5.57 Å². The van der Waals surface area contributed by atoms with E-state index in [1.54, 1.807) is 6.92 Å². The predicted octanol–water partition coefficient (Wildman–Crippen LogP) is 2.79. The van der Waals surface area contributed by atoms with Gasteiger partial charge >= 0.3 is 0 Å². The van der Waals surface area contributed by atoms with Crippen molar-refractivity contribution in [2.45, 2.75) is 20.8 Å². The maximum Gasteiger partial charge on any atom is 0.0557 e. The summed E-state index contributed by atoms with van der Waals surface area (Å²) in [7, 11) is 0. The Morgan fingerprint density at radius 2 is 1.78 bits per heavy atom. The van der Waals surface area contributed by atoms with Crippen LogP contribution in [0.4, 0.5) is 0 Å². The van der Waals surface area contributed by atoms with E-state index in [1.165, 1.54) is 6.08 Å². The fourth-order valence-corrected chi connectivity index (χ4v) is 0.174. The molecule has 0 aromatic heterocycles. The Hall–Kier alpha value is -0.850. The van der Waals surface area contributed by atoms with E-state index >= 15 is 0 Å². The molecule has 0 aliphatic rings. The van der Waals surface area contributed by atoms with Gasteiger partial charge in [0, 0.05) is 0 Å². The van der Waals surface area contributed by atoms with Gasteiger partial charge in [0.1, 0.15) is 0 Å². The van der Waals surface area contributed by atoms with E-state index in [4.69, 9.17) is 5.41 Å². The van der Waals surface area contributed by atoms with E-state index in [1.807, 2.05) is 13.8 Å². The van der Waals surface area contributed by atoms with Crippen LogP contribution in [0.1, 0.15) is 20.8 Å². The second kappa shape index (κ2) is 7.15. The first kappa shape index (κ1) is 11.0. The zero-order valence-corrected chi connectivity index (χ0v) is 6.49. The van der Waals surface area contributed by atoms with E-state index in [9.17, 15) is 0 Å². The van der Waals surface area contributed by atoms with Crippen LogP contribution in [0.5, 0.6) is 0 Å². The van der Waals surface area contributed by atoms with E-state index < -0.39 is 0 Å². The Morgan fingerprint density at radius 3 is 1.78 bits per heavy atom. The topological polar surface area (TPSA) is 23.9 Å². The van der Waals surface area contributed by atoms with Crippen LogP contribution in [0.25, 0.3) is 0 Å². The van der Waals surface area contributed by atoms with Crippen LogP contribution in [0.3, 0.4) is 0 Å². The number of allylic oxidation sites excluding steroid dienone is 2. The van der Waals surface area contributed by atoms with Crippen LogP contribution < -0.4 is 0 Å². The van der Waals surface area contributed by atoms with Crippen molar-refractivity contribution in [1.82, 2.24) is 0 Å². The smallest absolute Gasteiger partial charge is 0.0557 e. The summed E-state index contributed by atoms with van der Waals surface area (Å²) in [4.78, 5) is 0. The lowest BCUT2D eigenvalue weighted by Crippen LogP contribution is -1.87. The van der Waals surface area contributed by atoms with Crippen molar-refractivity contribution in [2.75, 3.05) is 0 Å². The molecule has 0 unspecified atom stereocenters. The highest BCUT2D eigenvalue weighted by molar-refractivity contribution is 6.04. The standard InChI is InChI=1S/C6H9N.C2H6/c1-4-6(7)5(2)3;1-2/h4,7H,1-2H2,3H3;1-2H3. The molecule has 52 valence electrons. The van der Waals surface area contributed by atoms with Crippen molar-refractivity contribution in [2.24, 2.45) is 0 Å². The number of nitrogens with one attached hydrogen (secondary N) is 1. The van der Waals surface area contributed by atoms with Crippen LogP contribution in [0, 0.1) is 5.41 Å². The van der Waals surface area contributed by atoms with Gasteiger partial charge in [-0.2, -0.15) is 0 Å². The van der Waals surface area contributed by atoms with Gasteiger partial charge in [-0.25, -0.2) is 0 Å². The SMILES string of the molecule is C=CC(=N)C(=C)C.CC. The molecule has 0 aliphatic carbocycles. The van der Waals surface area contributed by atoms with Gasteiger partial charge in [-0.15, -0.1) is 0 Å². The third-order valence-corrected chi connectivity index (χ3v) is 0.664. The monoisotopic (exact) mass is 125 g/mol. The minimum absolute atomic E-state index is 0.417. The Kier molecular flexibility index (Phi) is 8.75. The predicted molar refractivity (Wildman–Crippen MR) is 44.1 cm³/mol. The Balaban J connectivity index is 0. The van der Waals surface area contributed by atoms with E-state index in [0.29, 0.717) is 5.71 Å². The van der Waals surface area contributed by atoms with Crippen LogP contribution in [0.2, 0.25) is 0 Å². The molecule has 0 saturated heterocycles. The molecule has 0 fully saturated rings. The number of hydrogen-bond donors (Lipinski definition) is 1. The fourth-order valence-electron chi connectivity index (χ4n) is 0.174. The molecule has 0 heterocycles. The minimum Gasteiger partial charge on any atom is -0.301 e. The Bertz CT molecular complexity index is 112. The molecular weight excluding hydrogens is 110 g/mol. The summed E-state index contributed by atoms with van der Waals surface area (Å²) in [5.74, 6) is 0. The van der Waals surface area contributed by atoms with Gasteiger partial charge in [0.2, 0.25) is 0 Å². The summed E-state index contributed by atoms with van der Waals surface area (Å²) in [5, 5.41) is 6.97. The maximum atomic E-state index is 6.97. The van der Waals surface area contributed by atoms with Gasteiger partial charge < -0.3 is 5.41 Å². The molecule has 0 spiro atoms. The zero-order chi connectivity index (χ0) is 7.86. The highest BCUT2D eigenvalue weighted by Crippen LogP contribution is 1.88. The molecule has 0 bridgehead atoms. The molecule has 0 aliphatic heterocycles. The molecule has 0 atom stereocenters. The van der Waals surface area contributed by atoms with Crippen LogP contribution >= 0.6 is 0 Å². The third kappa shape index (κ3) is 7.15. The van der Waals surface area contributed by atoms with Crippen LogP contribution in [-0.2, 0) is 0 Å². The summed E-state index contributed by atoms with van der Waals surface area (Å²) in [5.41, 5.74) is 1.18. The van der Waals surface area contributed by atoms with Crippen molar-refractivity contribution >= 4 is 5.71 Å². The molecular formula is C8H15N. The van der Waals surface area contributed by atoms with Crippen LogP contribution in [-0.4, -0.2) is 5.71 Å². The lowest BCUT2D eigenvalue weighted by atomic mass is 10.2. The van der Waals surface area contributed by atoms with Gasteiger partial charge in [0.25, 0.3) is 0 Å². The highest BCUT2D eigenvalue weighted by atomic mass is 14.4. The lowest BCUT2D eigenvalue weighted by Gasteiger charge is -1.88. The van der Waals surface area contributed by atoms with Gasteiger partial charge in [-0.05, 0) is 18.6 Å². The molecule has 0 amide bonds. The minimum atomic E-state index is 0.417. The van der Waals surface area contributed by atoms with Crippen molar-refractivity contribution in [1.29, 1.82) is 5.41 Å². The second-order valence-electron chi connectivity index (χ2n) is 1.40. The first-order chi connectivity index (χ1) is 4.18. The summed E-state index contributed by atoms with van der Waals surface area (Å²) in [6, 6.07) is 0. The molecule has 0 aromatic carbocycles. The average molecular weight is 125 g/mol. The van der Waals surface area contributed by atoms with E-state index in [-0.39, 0.29) is 0 Å².